The Kier molecular flexibility index (Phi) is 9.73. The highest BCUT2D eigenvalue weighted by Gasteiger charge is 2.24. The number of rotatable bonds is 7. The Morgan fingerprint density at radius 1 is 1.19 bits per heavy atom. The molecule has 0 unspecified atom stereocenters. The second-order valence-electron chi connectivity index (χ2n) is 7.73. The van der Waals surface area contributed by atoms with Crippen molar-refractivity contribution in [1.29, 1.82) is 0 Å². The van der Waals surface area contributed by atoms with Crippen molar-refractivity contribution in [2.24, 2.45) is 4.99 Å². The topological polar surface area (TPSA) is 69.2 Å². The van der Waals surface area contributed by atoms with Gasteiger partial charge in [-0.05, 0) is 52.6 Å². The van der Waals surface area contributed by atoms with Crippen LogP contribution in [0.5, 0.6) is 0 Å². The first-order valence-corrected chi connectivity index (χ1v) is 10.7. The smallest absolute Gasteiger partial charge is 0.409 e. The lowest BCUT2D eigenvalue weighted by Crippen LogP contribution is -2.50. The van der Waals surface area contributed by atoms with Crippen molar-refractivity contribution in [1.82, 2.24) is 20.4 Å². The van der Waals surface area contributed by atoms with E-state index in [9.17, 15) is 4.79 Å². The van der Waals surface area contributed by atoms with E-state index in [-0.39, 0.29) is 6.09 Å². The summed E-state index contributed by atoms with van der Waals surface area (Å²) in [7, 11) is 4.08. The van der Waals surface area contributed by atoms with Crippen molar-refractivity contribution in [2.45, 2.75) is 70.4 Å². The molecule has 1 saturated heterocycles. The number of ether oxygens (including phenoxy) is 1. The van der Waals surface area contributed by atoms with E-state index in [1.165, 1.54) is 32.1 Å². The van der Waals surface area contributed by atoms with Crippen LogP contribution in [0.25, 0.3) is 0 Å². The molecule has 0 aromatic heterocycles. The Labute approximate surface area is 164 Å². The van der Waals surface area contributed by atoms with Gasteiger partial charge in [0.1, 0.15) is 0 Å². The zero-order valence-corrected chi connectivity index (χ0v) is 17.5. The Bertz CT molecular complexity index is 457. The summed E-state index contributed by atoms with van der Waals surface area (Å²) < 4.78 is 5.07. The molecule has 156 valence electrons. The van der Waals surface area contributed by atoms with Crippen LogP contribution < -0.4 is 10.6 Å². The number of likely N-dealkylation sites (tertiary alicyclic amines) is 1. The molecule has 1 aliphatic heterocycles. The lowest BCUT2D eigenvalue weighted by atomic mass is 9.94. The summed E-state index contributed by atoms with van der Waals surface area (Å²) in [6.45, 7) is 5.81. The Morgan fingerprint density at radius 2 is 1.89 bits per heavy atom. The number of guanidine groups is 1. The SMILES string of the molecule is CCOC(=O)N1CCC(NC(=NC)NCCCN(C)C2CCCCC2)CC1. The molecule has 1 saturated carbocycles. The third-order valence-electron chi connectivity index (χ3n) is 5.76. The Morgan fingerprint density at radius 3 is 2.52 bits per heavy atom. The number of nitrogens with one attached hydrogen (secondary N) is 2. The van der Waals surface area contributed by atoms with Crippen LogP contribution in [0.2, 0.25) is 0 Å². The number of aliphatic imine (C=N–C) groups is 1. The predicted octanol–water partition coefficient (Wildman–Crippen LogP) is 2.43. The van der Waals surface area contributed by atoms with Gasteiger partial charge >= 0.3 is 6.09 Å². The minimum Gasteiger partial charge on any atom is -0.450 e. The quantitative estimate of drug-likeness (QED) is 0.403. The van der Waals surface area contributed by atoms with Crippen LogP contribution in [0.1, 0.15) is 58.3 Å². The molecule has 1 aliphatic carbocycles. The summed E-state index contributed by atoms with van der Waals surface area (Å²) >= 11 is 0. The van der Waals surface area contributed by atoms with E-state index in [4.69, 9.17) is 4.74 Å². The van der Waals surface area contributed by atoms with E-state index in [0.29, 0.717) is 12.6 Å². The molecule has 0 bridgehead atoms. The van der Waals surface area contributed by atoms with Gasteiger partial charge in [-0.25, -0.2) is 4.79 Å². The highest BCUT2D eigenvalue weighted by atomic mass is 16.6. The van der Waals surface area contributed by atoms with Crippen LogP contribution in [0, 0.1) is 0 Å². The average Bonchev–Trinajstić information content (AvgIpc) is 2.71. The van der Waals surface area contributed by atoms with Gasteiger partial charge in [-0.15, -0.1) is 0 Å². The monoisotopic (exact) mass is 381 g/mol. The van der Waals surface area contributed by atoms with Gasteiger partial charge in [0.2, 0.25) is 0 Å². The van der Waals surface area contributed by atoms with Crippen molar-refractivity contribution in [3.8, 4) is 0 Å². The average molecular weight is 382 g/mol. The summed E-state index contributed by atoms with van der Waals surface area (Å²) in [5.74, 6) is 0.866. The molecule has 0 aromatic rings. The van der Waals surface area contributed by atoms with Crippen LogP contribution in [0.4, 0.5) is 4.79 Å². The molecule has 27 heavy (non-hydrogen) atoms. The molecule has 2 N–H and O–H groups in total. The second-order valence-corrected chi connectivity index (χ2v) is 7.73. The van der Waals surface area contributed by atoms with Crippen molar-refractivity contribution in [2.75, 3.05) is 46.9 Å². The number of carbonyl (C=O) groups excluding carboxylic acids is 1. The molecular formula is C20H39N5O2. The highest BCUT2D eigenvalue weighted by Crippen LogP contribution is 2.21. The standard InChI is InChI=1S/C20H39N5O2/c1-4-27-20(26)25-15-11-17(12-16-25)23-19(21-2)22-13-8-14-24(3)18-9-6-5-7-10-18/h17-18H,4-16H2,1-3H3,(H2,21,22,23). The molecule has 7 nitrogen and oxygen atoms in total. The molecule has 2 aliphatic rings. The zero-order valence-electron chi connectivity index (χ0n) is 17.5. The molecule has 2 fully saturated rings. The van der Waals surface area contributed by atoms with E-state index in [1.54, 1.807) is 4.90 Å². The lowest BCUT2D eigenvalue weighted by Gasteiger charge is -2.32. The maximum Gasteiger partial charge on any atom is 0.409 e. The molecule has 1 amide bonds. The number of hydrogen-bond donors (Lipinski definition) is 2. The van der Waals surface area contributed by atoms with E-state index < -0.39 is 0 Å². The molecule has 0 radical (unpaired) electrons. The third-order valence-corrected chi connectivity index (χ3v) is 5.76. The number of hydrogen-bond acceptors (Lipinski definition) is 4. The second kappa shape index (κ2) is 12.1. The third kappa shape index (κ3) is 7.56. The first-order chi connectivity index (χ1) is 13.1. The number of carbonyl (C=O) groups is 1. The summed E-state index contributed by atoms with van der Waals surface area (Å²) in [6.07, 6.45) is 9.67. The van der Waals surface area contributed by atoms with Crippen molar-refractivity contribution in [3.05, 3.63) is 0 Å². The van der Waals surface area contributed by atoms with Crippen LogP contribution in [-0.2, 0) is 4.74 Å². The normalized spacial score (nSPS) is 20.0. The molecule has 2 rings (SSSR count). The minimum atomic E-state index is -0.194. The van der Waals surface area contributed by atoms with E-state index >= 15 is 0 Å². The van der Waals surface area contributed by atoms with Crippen LogP contribution in [0.3, 0.4) is 0 Å². The van der Waals surface area contributed by atoms with E-state index in [2.05, 4.69) is 27.6 Å². The first-order valence-electron chi connectivity index (χ1n) is 10.7. The van der Waals surface area contributed by atoms with Gasteiger partial charge in [0.25, 0.3) is 0 Å². The number of amides is 1. The lowest BCUT2D eigenvalue weighted by molar-refractivity contribution is 0.0963. The van der Waals surface area contributed by atoms with Crippen molar-refractivity contribution >= 4 is 12.1 Å². The number of piperidine rings is 1. The van der Waals surface area contributed by atoms with Crippen LogP contribution in [-0.4, -0.2) is 80.8 Å². The summed E-state index contributed by atoms with van der Waals surface area (Å²) in [4.78, 5) is 20.4. The maximum absolute atomic E-state index is 11.8. The van der Waals surface area contributed by atoms with Crippen molar-refractivity contribution in [3.63, 3.8) is 0 Å². The van der Waals surface area contributed by atoms with Crippen LogP contribution in [0.15, 0.2) is 4.99 Å². The minimum absolute atomic E-state index is 0.194. The molecular weight excluding hydrogens is 342 g/mol. The zero-order chi connectivity index (χ0) is 19.5. The fourth-order valence-corrected chi connectivity index (χ4v) is 4.05. The molecule has 1 heterocycles. The van der Waals surface area contributed by atoms with E-state index in [0.717, 1.165) is 57.4 Å². The molecule has 0 spiro atoms. The molecule has 7 heteroatoms. The van der Waals surface area contributed by atoms with Gasteiger partial charge in [-0.2, -0.15) is 0 Å². The molecule has 0 aromatic carbocycles. The summed E-state index contributed by atoms with van der Waals surface area (Å²) in [5, 5.41) is 6.93. The summed E-state index contributed by atoms with van der Waals surface area (Å²) in [5.41, 5.74) is 0. The van der Waals surface area contributed by atoms with Gasteiger partial charge in [0.15, 0.2) is 5.96 Å². The molecule has 0 atom stereocenters. The Balaban J connectivity index is 1.60. The maximum atomic E-state index is 11.8. The van der Waals surface area contributed by atoms with Gasteiger partial charge in [-0.1, -0.05) is 19.3 Å². The van der Waals surface area contributed by atoms with Gasteiger partial charge in [0, 0.05) is 38.8 Å². The first kappa shape index (κ1) is 21.8. The van der Waals surface area contributed by atoms with Crippen LogP contribution >= 0.6 is 0 Å². The highest BCUT2D eigenvalue weighted by molar-refractivity contribution is 5.80. The van der Waals surface area contributed by atoms with Gasteiger partial charge in [-0.3, -0.25) is 4.99 Å². The fourth-order valence-electron chi connectivity index (χ4n) is 4.05. The van der Waals surface area contributed by atoms with E-state index in [1.807, 2.05) is 14.0 Å². The summed E-state index contributed by atoms with van der Waals surface area (Å²) in [6, 6.07) is 1.13. The number of nitrogens with zero attached hydrogens (tertiary/aromatic N) is 3. The fraction of sp³-hybridized carbons (Fsp3) is 0.900. The predicted molar refractivity (Wildman–Crippen MR) is 110 cm³/mol. The Hall–Kier alpha value is -1.50. The largest absolute Gasteiger partial charge is 0.450 e. The van der Waals surface area contributed by atoms with Gasteiger partial charge in [0.05, 0.1) is 6.61 Å². The van der Waals surface area contributed by atoms with Gasteiger partial charge < -0.3 is 25.2 Å². The van der Waals surface area contributed by atoms with Crippen molar-refractivity contribution < 1.29 is 9.53 Å².